The van der Waals surface area contributed by atoms with Gasteiger partial charge in [0.25, 0.3) is 0 Å². The van der Waals surface area contributed by atoms with Crippen LogP contribution in [-0.2, 0) is 0 Å². The van der Waals surface area contributed by atoms with Gasteiger partial charge in [-0.2, -0.15) is 0 Å². The summed E-state index contributed by atoms with van der Waals surface area (Å²) in [6.45, 7) is 3.54. The minimum absolute atomic E-state index is 0.0539. The predicted octanol–water partition coefficient (Wildman–Crippen LogP) is 2.32. The van der Waals surface area contributed by atoms with Crippen molar-refractivity contribution < 1.29 is 13.9 Å². The fraction of sp³-hybridized carbons (Fsp3) is 0.273. The van der Waals surface area contributed by atoms with Crippen molar-refractivity contribution in [2.75, 3.05) is 0 Å². The fourth-order valence-electron chi connectivity index (χ4n) is 1.43. The van der Waals surface area contributed by atoms with Crippen LogP contribution >= 0.6 is 9.39 Å². The zero-order valence-corrected chi connectivity index (χ0v) is 9.81. The van der Waals surface area contributed by atoms with Gasteiger partial charge in [-0.25, -0.2) is 8.78 Å². The number of hydrogen-bond donors (Lipinski definition) is 2. The second-order valence-corrected chi connectivity index (χ2v) is 3.74. The van der Waals surface area contributed by atoms with Crippen LogP contribution in [0.2, 0.25) is 0 Å². The van der Waals surface area contributed by atoms with E-state index in [4.69, 9.17) is 0 Å². The number of benzene rings is 1. The van der Waals surface area contributed by atoms with Gasteiger partial charge in [0.05, 0.1) is 6.10 Å². The van der Waals surface area contributed by atoms with E-state index in [1.807, 2.05) is 0 Å². The van der Waals surface area contributed by atoms with E-state index in [1.165, 1.54) is 0 Å². The SMILES string of the molecule is C=CC[C@H](NP)[C@H](O)c1cc(F)ccc1F. The summed E-state index contributed by atoms with van der Waals surface area (Å²) < 4.78 is 26.3. The second kappa shape index (κ2) is 6.04. The highest BCUT2D eigenvalue weighted by Gasteiger charge is 2.21. The molecule has 1 aromatic rings. The van der Waals surface area contributed by atoms with Crippen molar-refractivity contribution in [3.05, 3.63) is 48.1 Å². The maximum Gasteiger partial charge on any atom is 0.129 e. The number of halogens is 2. The lowest BCUT2D eigenvalue weighted by Gasteiger charge is -2.21. The number of aliphatic hydroxyl groups excluding tert-OH is 1. The minimum Gasteiger partial charge on any atom is -0.387 e. The number of aliphatic hydroxyl groups is 1. The third kappa shape index (κ3) is 3.08. The maximum atomic E-state index is 13.4. The topological polar surface area (TPSA) is 32.3 Å². The monoisotopic (exact) mass is 245 g/mol. The molecule has 88 valence electrons. The number of hydrogen-bond acceptors (Lipinski definition) is 2. The second-order valence-electron chi connectivity index (χ2n) is 3.41. The Morgan fingerprint density at radius 1 is 1.50 bits per heavy atom. The van der Waals surface area contributed by atoms with Gasteiger partial charge >= 0.3 is 0 Å². The molecular formula is C11H14F2NOP. The summed E-state index contributed by atoms with van der Waals surface area (Å²) in [5, 5.41) is 12.6. The summed E-state index contributed by atoms with van der Waals surface area (Å²) in [5.41, 5.74) is -0.0539. The van der Waals surface area contributed by atoms with E-state index in [0.717, 1.165) is 18.2 Å². The Morgan fingerprint density at radius 3 is 2.75 bits per heavy atom. The maximum absolute atomic E-state index is 13.4. The lowest BCUT2D eigenvalue weighted by molar-refractivity contribution is 0.136. The molecule has 0 aromatic heterocycles. The van der Waals surface area contributed by atoms with Gasteiger partial charge in [0.1, 0.15) is 11.6 Å². The Hall–Kier alpha value is -0.830. The zero-order chi connectivity index (χ0) is 12.1. The van der Waals surface area contributed by atoms with E-state index >= 15 is 0 Å². The molecule has 0 amide bonds. The van der Waals surface area contributed by atoms with Crippen LogP contribution in [0.25, 0.3) is 0 Å². The molecule has 0 aliphatic heterocycles. The van der Waals surface area contributed by atoms with Crippen molar-refractivity contribution in [3.63, 3.8) is 0 Å². The summed E-state index contributed by atoms with van der Waals surface area (Å²) in [6, 6.07) is 2.60. The van der Waals surface area contributed by atoms with Crippen molar-refractivity contribution in [1.82, 2.24) is 5.09 Å². The van der Waals surface area contributed by atoms with Crippen molar-refractivity contribution in [2.24, 2.45) is 0 Å². The van der Waals surface area contributed by atoms with Crippen molar-refractivity contribution in [2.45, 2.75) is 18.6 Å². The van der Waals surface area contributed by atoms with Crippen molar-refractivity contribution >= 4 is 9.39 Å². The smallest absolute Gasteiger partial charge is 0.129 e. The molecule has 0 spiro atoms. The van der Waals surface area contributed by atoms with E-state index in [2.05, 4.69) is 21.1 Å². The lowest BCUT2D eigenvalue weighted by atomic mass is 10.00. The van der Waals surface area contributed by atoms with Crippen LogP contribution in [0.15, 0.2) is 30.9 Å². The van der Waals surface area contributed by atoms with Crippen LogP contribution in [0.3, 0.4) is 0 Å². The van der Waals surface area contributed by atoms with Crippen LogP contribution in [0.5, 0.6) is 0 Å². The fourth-order valence-corrected chi connectivity index (χ4v) is 1.74. The molecule has 16 heavy (non-hydrogen) atoms. The van der Waals surface area contributed by atoms with Gasteiger partial charge in [-0.3, -0.25) is 5.09 Å². The van der Waals surface area contributed by atoms with Crippen LogP contribution < -0.4 is 5.09 Å². The molecule has 3 atom stereocenters. The summed E-state index contributed by atoms with van der Waals surface area (Å²) in [7, 11) is 2.24. The molecule has 1 aromatic carbocycles. The Kier molecular flexibility index (Phi) is 5.00. The molecule has 2 N–H and O–H groups in total. The Bertz CT molecular complexity index is 373. The molecule has 0 aliphatic carbocycles. The van der Waals surface area contributed by atoms with E-state index in [1.54, 1.807) is 6.08 Å². The third-order valence-electron chi connectivity index (χ3n) is 2.29. The molecule has 0 bridgehead atoms. The highest BCUT2D eigenvalue weighted by Crippen LogP contribution is 2.23. The molecule has 1 rings (SSSR count). The Morgan fingerprint density at radius 2 is 2.19 bits per heavy atom. The van der Waals surface area contributed by atoms with E-state index in [0.29, 0.717) is 6.42 Å². The average Bonchev–Trinajstić information content (AvgIpc) is 2.28. The molecule has 0 aliphatic rings. The van der Waals surface area contributed by atoms with Crippen molar-refractivity contribution in [1.29, 1.82) is 0 Å². The standard InChI is InChI=1S/C11H14F2NOP/c1-2-3-10(14-16)11(15)8-6-7(12)4-5-9(8)13/h2,4-6,10-11,14-15H,1,3,16H2/t10-,11+/m0/s1. The highest BCUT2D eigenvalue weighted by atomic mass is 31.0. The molecule has 0 heterocycles. The van der Waals surface area contributed by atoms with Crippen LogP contribution in [0.1, 0.15) is 18.1 Å². The van der Waals surface area contributed by atoms with Gasteiger partial charge in [0, 0.05) is 11.6 Å². The number of rotatable bonds is 5. The largest absolute Gasteiger partial charge is 0.387 e. The number of nitrogens with one attached hydrogen (secondary N) is 1. The third-order valence-corrected chi connectivity index (χ3v) is 2.72. The summed E-state index contributed by atoms with van der Waals surface area (Å²) >= 11 is 0. The first-order chi connectivity index (χ1) is 7.60. The normalized spacial score (nSPS) is 14.5. The van der Waals surface area contributed by atoms with Gasteiger partial charge in [0.2, 0.25) is 0 Å². The first kappa shape index (κ1) is 13.2. The molecule has 0 saturated carbocycles. The molecule has 2 nitrogen and oxygen atoms in total. The van der Waals surface area contributed by atoms with Crippen molar-refractivity contribution in [3.8, 4) is 0 Å². The van der Waals surface area contributed by atoms with Gasteiger partial charge in [-0.1, -0.05) is 15.5 Å². The molecular weight excluding hydrogens is 231 g/mol. The summed E-state index contributed by atoms with van der Waals surface area (Å²) in [5.74, 6) is -1.19. The molecule has 0 saturated heterocycles. The van der Waals surface area contributed by atoms with Gasteiger partial charge in [-0.05, 0) is 24.6 Å². The lowest BCUT2D eigenvalue weighted by Crippen LogP contribution is -2.28. The molecule has 1 unspecified atom stereocenters. The zero-order valence-electron chi connectivity index (χ0n) is 8.66. The van der Waals surface area contributed by atoms with E-state index in [9.17, 15) is 13.9 Å². The summed E-state index contributed by atoms with van der Waals surface area (Å²) in [6.07, 6.45) is 0.925. The Balaban J connectivity index is 2.97. The first-order valence-corrected chi connectivity index (χ1v) is 5.38. The average molecular weight is 245 g/mol. The van der Waals surface area contributed by atoms with Gasteiger partial charge < -0.3 is 5.11 Å². The van der Waals surface area contributed by atoms with Gasteiger partial charge in [-0.15, -0.1) is 6.58 Å². The molecule has 0 fully saturated rings. The predicted molar refractivity (Wildman–Crippen MR) is 62.8 cm³/mol. The Labute approximate surface area is 95.6 Å². The van der Waals surface area contributed by atoms with Crippen LogP contribution in [0, 0.1) is 11.6 Å². The highest BCUT2D eigenvalue weighted by molar-refractivity contribution is 7.13. The molecule has 0 radical (unpaired) electrons. The van der Waals surface area contributed by atoms with Gasteiger partial charge in [0.15, 0.2) is 0 Å². The van der Waals surface area contributed by atoms with E-state index < -0.39 is 23.8 Å². The van der Waals surface area contributed by atoms with Crippen LogP contribution in [0.4, 0.5) is 8.78 Å². The summed E-state index contributed by atoms with van der Waals surface area (Å²) in [4.78, 5) is 0. The first-order valence-electron chi connectivity index (χ1n) is 4.80. The van der Waals surface area contributed by atoms with E-state index in [-0.39, 0.29) is 5.56 Å². The quantitative estimate of drug-likeness (QED) is 0.616. The molecule has 5 heteroatoms. The van der Waals surface area contributed by atoms with Crippen LogP contribution in [-0.4, -0.2) is 11.1 Å². The minimum atomic E-state index is -1.12.